The van der Waals surface area contributed by atoms with E-state index in [1.165, 1.54) is 0 Å². The smallest absolute Gasteiger partial charge is 0.338 e. The molecule has 0 heterocycles. The molecular weight excluding hydrogens is 326 g/mol. The molecule has 0 aliphatic heterocycles. The molecule has 5 heteroatoms. The molecule has 2 aromatic rings. The Morgan fingerprint density at radius 3 is 2.58 bits per heavy atom. The zero-order valence-corrected chi connectivity index (χ0v) is 14.1. The van der Waals surface area contributed by atoms with Crippen molar-refractivity contribution in [3.8, 4) is 0 Å². The molecule has 124 valence electrons. The average Bonchev–Trinajstić information content (AvgIpc) is 3.37. The van der Waals surface area contributed by atoms with Crippen LogP contribution in [0.15, 0.2) is 48.5 Å². The first-order valence-electron chi connectivity index (χ1n) is 7.90. The number of carbonyl (C=O) groups is 2. The van der Waals surface area contributed by atoms with Crippen molar-refractivity contribution in [2.24, 2.45) is 0 Å². The quantitative estimate of drug-likeness (QED) is 0.828. The first-order chi connectivity index (χ1) is 11.6. The van der Waals surface area contributed by atoms with Gasteiger partial charge in [-0.3, -0.25) is 4.79 Å². The Hall–Kier alpha value is -2.33. The number of halogens is 1. The van der Waals surface area contributed by atoms with E-state index in [1.807, 2.05) is 18.2 Å². The molecule has 1 amide bonds. The average molecular weight is 344 g/mol. The highest BCUT2D eigenvalue weighted by atomic mass is 35.5. The van der Waals surface area contributed by atoms with Crippen molar-refractivity contribution in [2.45, 2.75) is 25.2 Å². The fourth-order valence-corrected chi connectivity index (χ4v) is 3.10. The lowest BCUT2D eigenvalue weighted by Gasteiger charge is -2.17. The zero-order chi connectivity index (χ0) is 17.2. The highest BCUT2D eigenvalue weighted by molar-refractivity contribution is 6.32. The zero-order valence-electron chi connectivity index (χ0n) is 13.3. The van der Waals surface area contributed by atoms with E-state index >= 15 is 0 Å². The SMILES string of the molecule is CCOC(=O)c1cccc(NC(=O)C2(c3ccccc3Cl)CC2)c1. The number of esters is 1. The van der Waals surface area contributed by atoms with E-state index in [4.69, 9.17) is 16.3 Å². The Balaban J connectivity index is 1.79. The molecule has 4 nitrogen and oxygen atoms in total. The van der Waals surface area contributed by atoms with Crippen molar-refractivity contribution in [3.63, 3.8) is 0 Å². The summed E-state index contributed by atoms with van der Waals surface area (Å²) in [5.74, 6) is -0.502. The summed E-state index contributed by atoms with van der Waals surface area (Å²) in [6, 6.07) is 14.2. The van der Waals surface area contributed by atoms with Gasteiger partial charge in [-0.25, -0.2) is 4.79 Å². The summed E-state index contributed by atoms with van der Waals surface area (Å²) in [6.45, 7) is 2.06. The lowest BCUT2D eigenvalue weighted by atomic mass is 9.94. The predicted molar refractivity (Wildman–Crippen MR) is 93.4 cm³/mol. The second kappa shape index (κ2) is 6.65. The van der Waals surface area contributed by atoms with Crippen LogP contribution >= 0.6 is 11.6 Å². The van der Waals surface area contributed by atoms with Crippen LogP contribution in [0.4, 0.5) is 5.69 Å². The fraction of sp³-hybridized carbons (Fsp3) is 0.263. The van der Waals surface area contributed by atoms with Crippen LogP contribution < -0.4 is 5.32 Å². The van der Waals surface area contributed by atoms with Gasteiger partial charge in [-0.15, -0.1) is 0 Å². The molecule has 0 atom stereocenters. The number of ether oxygens (including phenoxy) is 1. The maximum atomic E-state index is 12.8. The van der Waals surface area contributed by atoms with E-state index in [0.29, 0.717) is 22.9 Å². The van der Waals surface area contributed by atoms with Crippen LogP contribution in [0.2, 0.25) is 5.02 Å². The summed E-state index contributed by atoms with van der Waals surface area (Å²) in [7, 11) is 0. The van der Waals surface area contributed by atoms with Crippen molar-refractivity contribution >= 4 is 29.2 Å². The lowest BCUT2D eigenvalue weighted by Crippen LogP contribution is -2.28. The number of rotatable bonds is 5. The van der Waals surface area contributed by atoms with E-state index in [2.05, 4.69) is 5.32 Å². The summed E-state index contributed by atoms with van der Waals surface area (Å²) < 4.78 is 4.98. The van der Waals surface area contributed by atoms with Crippen molar-refractivity contribution in [2.75, 3.05) is 11.9 Å². The number of hydrogen-bond acceptors (Lipinski definition) is 3. The minimum atomic E-state index is -0.571. The second-order valence-electron chi connectivity index (χ2n) is 5.82. The maximum absolute atomic E-state index is 12.8. The van der Waals surface area contributed by atoms with E-state index in [9.17, 15) is 9.59 Å². The molecule has 0 saturated heterocycles. The third-order valence-corrected chi connectivity index (χ3v) is 4.54. The Morgan fingerprint density at radius 1 is 1.17 bits per heavy atom. The van der Waals surface area contributed by atoms with Crippen LogP contribution in [0.5, 0.6) is 0 Å². The number of nitrogens with one attached hydrogen (secondary N) is 1. The van der Waals surface area contributed by atoms with Gasteiger partial charge < -0.3 is 10.1 Å². The minimum absolute atomic E-state index is 0.100. The Bertz CT molecular complexity index is 784. The molecule has 1 aliphatic rings. The van der Waals surface area contributed by atoms with Crippen LogP contribution in [0.1, 0.15) is 35.7 Å². The van der Waals surface area contributed by atoms with Gasteiger partial charge in [-0.1, -0.05) is 35.9 Å². The molecule has 0 aromatic heterocycles. The number of carbonyl (C=O) groups excluding carboxylic acids is 2. The number of hydrogen-bond donors (Lipinski definition) is 1. The first-order valence-corrected chi connectivity index (χ1v) is 8.28. The number of anilines is 1. The van der Waals surface area contributed by atoms with Gasteiger partial charge in [0, 0.05) is 10.7 Å². The summed E-state index contributed by atoms with van der Waals surface area (Å²) in [6.07, 6.45) is 1.53. The normalized spacial score (nSPS) is 14.8. The molecule has 1 N–H and O–H groups in total. The molecule has 1 fully saturated rings. The van der Waals surface area contributed by atoms with Crippen molar-refractivity contribution in [1.29, 1.82) is 0 Å². The highest BCUT2D eigenvalue weighted by Crippen LogP contribution is 2.51. The molecule has 3 rings (SSSR count). The molecule has 0 unspecified atom stereocenters. The fourth-order valence-electron chi connectivity index (χ4n) is 2.78. The van der Waals surface area contributed by atoms with Crippen molar-refractivity contribution in [1.82, 2.24) is 0 Å². The molecule has 2 aromatic carbocycles. The second-order valence-corrected chi connectivity index (χ2v) is 6.22. The number of benzene rings is 2. The molecule has 1 aliphatic carbocycles. The van der Waals surface area contributed by atoms with Gasteiger partial charge in [0.2, 0.25) is 5.91 Å². The summed E-state index contributed by atoms with van der Waals surface area (Å²) >= 11 is 6.26. The molecule has 0 radical (unpaired) electrons. The summed E-state index contributed by atoms with van der Waals surface area (Å²) in [5, 5.41) is 3.50. The van der Waals surface area contributed by atoms with Gasteiger partial charge in [0.05, 0.1) is 17.6 Å². The van der Waals surface area contributed by atoms with Crippen molar-refractivity contribution in [3.05, 3.63) is 64.7 Å². The maximum Gasteiger partial charge on any atom is 0.338 e. The molecule has 0 spiro atoms. The topological polar surface area (TPSA) is 55.4 Å². The molecule has 24 heavy (non-hydrogen) atoms. The Kier molecular flexibility index (Phi) is 4.58. The van der Waals surface area contributed by atoms with Crippen LogP contribution in [-0.4, -0.2) is 18.5 Å². The van der Waals surface area contributed by atoms with Gasteiger partial charge in [0.25, 0.3) is 0 Å². The van der Waals surface area contributed by atoms with Gasteiger partial charge in [0.15, 0.2) is 0 Å². The first kappa shape index (κ1) is 16.5. The number of amides is 1. The monoisotopic (exact) mass is 343 g/mol. The Labute approximate surface area is 145 Å². The Morgan fingerprint density at radius 2 is 1.92 bits per heavy atom. The van der Waals surface area contributed by atoms with E-state index in [1.54, 1.807) is 37.3 Å². The van der Waals surface area contributed by atoms with Crippen LogP contribution in [0.25, 0.3) is 0 Å². The third kappa shape index (κ3) is 3.15. The minimum Gasteiger partial charge on any atom is -0.462 e. The van der Waals surface area contributed by atoms with Gasteiger partial charge in [-0.2, -0.15) is 0 Å². The van der Waals surface area contributed by atoms with Crippen LogP contribution in [0.3, 0.4) is 0 Å². The molecular formula is C19H18ClNO3. The standard InChI is InChI=1S/C19H18ClNO3/c1-2-24-17(22)13-6-5-7-14(12-13)21-18(23)19(10-11-19)15-8-3-4-9-16(15)20/h3-9,12H,2,10-11H2,1H3,(H,21,23). The molecule has 0 bridgehead atoms. The van der Waals surface area contributed by atoms with E-state index < -0.39 is 11.4 Å². The van der Waals surface area contributed by atoms with Crippen molar-refractivity contribution < 1.29 is 14.3 Å². The van der Waals surface area contributed by atoms with Crippen LogP contribution in [0, 0.1) is 0 Å². The van der Waals surface area contributed by atoms with E-state index in [0.717, 1.165) is 18.4 Å². The van der Waals surface area contributed by atoms with Gasteiger partial charge in [-0.05, 0) is 49.6 Å². The summed E-state index contributed by atoms with van der Waals surface area (Å²) in [5.41, 5.74) is 1.27. The third-order valence-electron chi connectivity index (χ3n) is 4.21. The van der Waals surface area contributed by atoms with Gasteiger partial charge >= 0.3 is 5.97 Å². The highest BCUT2D eigenvalue weighted by Gasteiger charge is 2.52. The molecule has 1 saturated carbocycles. The largest absolute Gasteiger partial charge is 0.462 e. The van der Waals surface area contributed by atoms with Crippen LogP contribution in [-0.2, 0) is 14.9 Å². The summed E-state index contributed by atoms with van der Waals surface area (Å²) in [4.78, 5) is 24.6. The van der Waals surface area contributed by atoms with Gasteiger partial charge in [0.1, 0.15) is 0 Å². The predicted octanol–water partition coefficient (Wildman–Crippen LogP) is 4.19. The lowest BCUT2D eigenvalue weighted by molar-refractivity contribution is -0.118. The van der Waals surface area contributed by atoms with E-state index in [-0.39, 0.29) is 5.91 Å².